The fourth-order valence-electron chi connectivity index (χ4n) is 1.43. The molecule has 0 aliphatic heterocycles. The van der Waals surface area contributed by atoms with E-state index in [1.807, 2.05) is 0 Å². The van der Waals surface area contributed by atoms with Gasteiger partial charge in [-0.05, 0) is 12.8 Å². The predicted molar refractivity (Wildman–Crippen MR) is 45.5 cm³/mol. The van der Waals surface area contributed by atoms with Gasteiger partial charge in [-0.2, -0.15) is 0 Å². The lowest BCUT2D eigenvalue weighted by atomic mass is 9.97. The van der Waals surface area contributed by atoms with Gasteiger partial charge >= 0.3 is 0 Å². The minimum atomic E-state index is -0.157. The van der Waals surface area contributed by atoms with Crippen molar-refractivity contribution in [3.8, 4) is 0 Å². The molecule has 1 aliphatic rings. The van der Waals surface area contributed by atoms with E-state index in [-0.39, 0.29) is 5.82 Å². The van der Waals surface area contributed by atoms with Gasteiger partial charge in [0, 0.05) is 22.2 Å². The molecule has 0 atom stereocenters. The van der Waals surface area contributed by atoms with E-state index in [2.05, 4.69) is 5.16 Å². The molecule has 1 aromatic heterocycles. The number of halogens is 1. The van der Waals surface area contributed by atoms with E-state index in [9.17, 15) is 4.39 Å². The molecule has 0 amide bonds. The Hall–Kier alpha value is -0.900. The normalized spacial score (nSPS) is 19.6. The van der Waals surface area contributed by atoms with Gasteiger partial charge in [-0.25, -0.2) is 4.39 Å². The Bertz CT molecular complexity index is 332. The second-order valence-corrected chi connectivity index (χ2v) is 3.79. The first-order valence-electron chi connectivity index (χ1n) is 3.76. The SMILES string of the molecule is ON=C1CCc2scc(F)c2C1. The summed E-state index contributed by atoms with van der Waals surface area (Å²) in [5.74, 6) is -0.157. The number of aryl methyl sites for hydroxylation is 1. The Labute approximate surface area is 73.3 Å². The average molecular weight is 185 g/mol. The van der Waals surface area contributed by atoms with Crippen LogP contribution >= 0.6 is 11.3 Å². The zero-order valence-electron chi connectivity index (χ0n) is 6.38. The summed E-state index contributed by atoms with van der Waals surface area (Å²) in [5.41, 5.74) is 1.40. The lowest BCUT2D eigenvalue weighted by molar-refractivity contribution is 0.316. The highest BCUT2D eigenvalue weighted by Gasteiger charge is 2.19. The molecular weight excluding hydrogens is 177 g/mol. The van der Waals surface area contributed by atoms with Crippen LogP contribution in [-0.4, -0.2) is 10.9 Å². The van der Waals surface area contributed by atoms with E-state index in [0.29, 0.717) is 12.1 Å². The largest absolute Gasteiger partial charge is 0.411 e. The van der Waals surface area contributed by atoms with Crippen molar-refractivity contribution in [3.63, 3.8) is 0 Å². The smallest absolute Gasteiger partial charge is 0.137 e. The van der Waals surface area contributed by atoms with Gasteiger partial charge in [0.2, 0.25) is 0 Å². The molecule has 0 bridgehead atoms. The maximum absolute atomic E-state index is 13.0. The number of hydrogen-bond acceptors (Lipinski definition) is 3. The van der Waals surface area contributed by atoms with Crippen LogP contribution in [0.2, 0.25) is 0 Å². The molecule has 0 radical (unpaired) electrons. The number of hydrogen-bond donors (Lipinski definition) is 1. The monoisotopic (exact) mass is 185 g/mol. The summed E-state index contributed by atoms with van der Waals surface area (Å²) in [6.45, 7) is 0. The van der Waals surface area contributed by atoms with Gasteiger partial charge in [0.1, 0.15) is 5.82 Å². The quantitative estimate of drug-likeness (QED) is 0.487. The maximum Gasteiger partial charge on any atom is 0.137 e. The van der Waals surface area contributed by atoms with E-state index in [0.717, 1.165) is 23.3 Å². The molecule has 0 fully saturated rings. The molecule has 12 heavy (non-hydrogen) atoms. The van der Waals surface area contributed by atoms with Gasteiger partial charge in [0.15, 0.2) is 0 Å². The summed E-state index contributed by atoms with van der Waals surface area (Å²) in [6.07, 6.45) is 2.04. The molecule has 0 spiro atoms. The highest BCUT2D eigenvalue weighted by atomic mass is 32.1. The third-order valence-electron chi connectivity index (χ3n) is 2.09. The summed E-state index contributed by atoms with van der Waals surface area (Å²) in [4.78, 5) is 1.10. The van der Waals surface area contributed by atoms with Crippen molar-refractivity contribution < 1.29 is 9.60 Å². The molecule has 1 aliphatic carbocycles. The number of rotatable bonds is 0. The molecule has 0 aromatic carbocycles. The Morgan fingerprint density at radius 3 is 3.08 bits per heavy atom. The van der Waals surface area contributed by atoms with Crippen LogP contribution in [0.25, 0.3) is 0 Å². The van der Waals surface area contributed by atoms with Crippen LogP contribution in [0.3, 0.4) is 0 Å². The van der Waals surface area contributed by atoms with Crippen LogP contribution < -0.4 is 0 Å². The topological polar surface area (TPSA) is 32.6 Å². The molecule has 2 rings (SSSR count). The Kier molecular flexibility index (Phi) is 1.84. The molecule has 0 unspecified atom stereocenters. The molecule has 1 heterocycles. The second-order valence-electron chi connectivity index (χ2n) is 2.83. The summed E-state index contributed by atoms with van der Waals surface area (Å²) < 4.78 is 13.0. The lowest BCUT2D eigenvalue weighted by Crippen LogP contribution is -2.12. The van der Waals surface area contributed by atoms with Gasteiger partial charge in [0.25, 0.3) is 0 Å². The third-order valence-corrected chi connectivity index (χ3v) is 3.15. The first-order valence-corrected chi connectivity index (χ1v) is 4.63. The van der Waals surface area contributed by atoms with Crippen LogP contribution in [0.15, 0.2) is 10.5 Å². The van der Waals surface area contributed by atoms with Crippen molar-refractivity contribution in [2.45, 2.75) is 19.3 Å². The number of fused-ring (bicyclic) bond motifs is 1. The van der Waals surface area contributed by atoms with Crippen LogP contribution in [-0.2, 0) is 12.8 Å². The minimum Gasteiger partial charge on any atom is -0.411 e. The van der Waals surface area contributed by atoms with Gasteiger partial charge in [-0.15, -0.1) is 11.3 Å². The van der Waals surface area contributed by atoms with Crippen LogP contribution in [0.1, 0.15) is 16.9 Å². The van der Waals surface area contributed by atoms with Crippen molar-refractivity contribution in [1.82, 2.24) is 0 Å². The Morgan fingerprint density at radius 1 is 1.50 bits per heavy atom. The van der Waals surface area contributed by atoms with Crippen molar-refractivity contribution in [2.24, 2.45) is 5.16 Å². The molecule has 0 saturated heterocycles. The molecule has 64 valence electrons. The zero-order valence-corrected chi connectivity index (χ0v) is 7.20. The third kappa shape index (κ3) is 1.12. The molecule has 1 aromatic rings. The van der Waals surface area contributed by atoms with Crippen LogP contribution in [0, 0.1) is 5.82 Å². The molecule has 1 N–H and O–H groups in total. The number of oxime groups is 1. The van der Waals surface area contributed by atoms with Crippen molar-refractivity contribution in [1.29, 1.82) is 0 Å². The van der Waals surface area contributed by atoms with E-state index in [1.54, 1.807) is 0 Å². The highest BCUT2D eigenvalue weighted by molar-refractivity contribution is 7.10. The summed E-state index contributed by atoms with van der Waals surface area (Å²) >= 11 is 1.45. The van der Waals surface area contributed by atoms with E-state index in [4.69, 9.17) is 5.21 Å². The fourth-order valence-corrected chi connectivity index (χ4v) is 2.35. The predicted octanol–water partition coefficient (Wildman–Crippen LogP) is 2.21. The van der Waals surface area contributed by atoms with E-state index < -0.39 is 0 Å². The lowest BCUT2D eigenvalue weighted by Gasteiger charge is -2.11. The molecular formula is C8H8FNOS. The summed E-state index contributed by atoms with van der Waals surface area (Å²) in [6, 6.07) is 0. The fraction of sp³-hybridized carbons (Fsp3) is 0.375. The molecule has 2 nitrogen and oxygen atoms in total. The maximum atomic E-state index is 13.0. The summed E-state index contributed by atoms with van der Waals surface area (Å²) in [7, 11) is 0. The first-order chi connectivity index (χ1) is 5.81. The van der Waals surface area contributed by atoms with Gasteiger partial charge < -0.3 is 5.21 Å². The van der Waals surface area contributed by atoms with Crippen LogP contribution in [0.5, 0.6) is 0 Å². The van der Waals surface area contributed by atoms with E-state index in [1.165, 1.54) is 16.7 Å². The van der Waals surface area contributed by atoms with Gasteiger partial charge in [-0.1, -0.05) is 5.16 Å². The van der Waals surface area contributed by atoms with Gasteiger partial charge in [0.05, 0.1) is 5.71 Å². The highest BCUT2D eigenvalue weighted by Crippen LogP contribution is 2.27. The summed E-state index contributed by atoms with van der Waals surface area (Å²) in [5, 5.41) is 13.2. The van der Waals surface area contributed by atoms with Crippen molar-refractivity contribution >= 4 is 17.0 Å². The minimum absolute atomic E-state index is 0.157. The van der Waals surface area contributed by atoms with E-state index >= 15 is 0 Å². The molecule has 4 heteroatoms. The standard InChI is InChI=1S/C8H8FNOS/c9-7-4-12-8-2-1-5(10-11)3-6(7)8/h4,11H,1-3H2. The Balaban J connectivity index is 2.38. The zero-order chi connectivity index (χ0) is 8.55. The first kappa shape index (κ1) is 7.73. The van der Waals surface area contributed by atoms with Crippen molar-refractivity contribution in [2.75, 3.05) is 0 Å². The second kappa shape index (κ2) is 2.86. The Morgan fingerprint density at radius 2 is 2.33 bits per heavy atom. The number of thiophene rings is 1. The number of nitrogens with zero attached hydrogens (tertiary/aromatic N) is 1. The van der Waals surface area contributed by atoms with Crippen molar-refractivity contribution in [3.05, 3.63) is 21.6 Å². The van der Waals surface area contributed by atoms with Crippen LogP contribution in [0.4, 0.5) is 4.39 Å². The molecule has 0 saturated carbocycles. The average Bonchev–Trinajstić information content (AvgIpc) is 2.47. The van der Waals surface area contributed by atoms with Gasteiger partial charge in [-0.3, -0.25) is 0 Å².